The van der Waals surface area contributed by atoms with E-state index >= 15 is 0 Å². The van der Waals surface area contributed by atoms with Gasteiger partial charge in [0.05, 0.1) is 11.8 Å². The van der Waals surface area contributed by atoms with Gasteiger partial charge in [-0.3, -0.25) is 0 Å². The van der Waals surface area contributed by atoms with Crippen molar-refractivity contribution in [1.29, 1.82) is 0 Å². The Balaban J connectivity index is 1.66. The maximum atomic E-state index is 12.6. The minimum atomic E-state index is -4.37. The molecule has 8 heteroatoms. The first-order valence-corrected chi connectivity index (χ1v) is 7.84. The second kappa shape index (κ2) is 7.38. The molecule has 134 valence electrons. The Morgan fingerprint density at radius 1 is 1.00 bits per heavy atom. The van der Waals surface area contributed by atoms with Crippen LogP contribution >= 0.6 is 0 Å². The minimum absolute atomic E-state index is 0.194. The predicted molar refractivity (Wildman–Crippen MR) is 93.1 cm³/mol. The maximum absolute atomic E-state index is 12.6. The lowest BCUT2D eigenvalue weighted by molar-refractivity contribution is -0.137. The molecule has 0 radical (unpaired) electrons. The third-order valence-corrected chi connectivity index (χ3v) is 3.75. The summed E-state index contributed by atoms with van der Waals surface area (Å²) >= 11 is 0. The van der Waals surface area contributed by atoms with Gasteiger partial charge in [0.15, 0.2) is 5.82 Å². The van der Waals surface area contributed by atoms with Gasteiger partial charge in [0, 0.05) is 12.2 Å². The Morgan fingerprint density at radius 2 is 1.73 bits per heavy atom. The van der Waals surface area contributed by atoms with E-state index in [-0.39, 0.29) is 5.95 Å². The maximum Gasteiger partial charge on any atom is 0.416 e. The molecule has 26 heavy (non-hydrogen) atoms. The molecule has 0 saturated carbocycles. The molecule has 3 rings (SSSR count). The van der Waals surface area contributed by atoms with Gasteiger partial charge in [-0.1, -0.05) is 24.3 Å². The fourth-order valence-corrected chi connectivity index (χ4v) is 2.31. The first kappa shape index (κ1) is 17.7. The molecule has 0 aliphatic carbocycles. The van der Waals surface area contributed by atoms with Gasteiger partial charge in [0.2, 0.25) is 5.95 Å². The van der Waals surface area contributed by atoms with E-state index < -0.39 is 11.7 Å². The van der Waals surface area contributed by atoms with Crippen LogP contribution in [0.2, 0.25) is 0 Å². The highest BCUT2D eigenvalue weighted by Crippen LogP contribution is 2.30. The standard InChI is InChI=1S/C18H16F3N5/c1-12-4-2-3-5-13(12)10-22-16-11-23-26-17(25-16)24-15-8-6-14(7-9-15)18(19,20)21/h2-9,11H,10H2,1H3,(H2,22,24,25,26). The minimum Gasteiger partial charge on any atom is -0.365 e. The number of nitrogens with zero attached hydrogens (tertiary/aromatic N) is 3. The normalized spacial score (nSPS) is 11.2. The molecule has 0 aliphatic rings. The molecule has 3 aromatic rings. The number of nitrogens with one attached hydrogen (secondary N) is 2. The molecule has 1 heterocycles. The second-order valence-electron chi connectivity index (χ2n) is 5.65. The number of anilines is 3. The highest BCUT2D eigenvalue weighted by atomic mass is 19.4. The van der Waals surface area contributed by atoms with Gasteiger partial charge in [0.25, 0.3) is 0 Å². The van der Waals surface area contributed by atoms with Crippen LogP contribution in [0.1, 0.15) is 16.7 Å². The fraction of sp³-hybridized carbons (Fsp3) is 0.167. The molecule has 0 saturated heterocycles. The highest BCUT2D eigenvalue weighted by Gasteiger charge is 2.29. The Bertz CT molecular complexity index is 878. The van der Waals surface area contributed by atoms with Crippen LogP contribution in [0.5, 0.6) is 0 Å². The van der Waals surface area contributed by atoms with Crippen LogP contribution in [0.3, 0.4) is 0 Å². The third-order valence-electron chi connectivity index (χ3n) is 3.75. The van der Waals surface area contributed by atoms with Crippen molar-refractivity contribution >= 4 is 17.5 Å². The van der Waals surface area contributed by atoms with E-state index in [1.165, 1.54) is 18.3 Å². The lowest BCUT2D eigenvalue weighted by atomic mass is 10.1. The SMILES string of the molecule is Cc1ccccc1CNc1cnnc(Nc2ccc(C(F)(F)F)cc2)n1. The monoisotopic (exact) mass is 359 g/mol. The van der Waals surface area contributed by atoms with Crippen LogP contribution < -0.4 is 10.6 Å². The predicted octanol–water partition coefficient (Wildman–Crippen LogP) is 4.55. The van der Waals surface area contributed by atoms with E-state index in [0.29, 0.717) is 18.1 Å². The van der Waals surface area contributed by atoms with E-state index in [0.717, 1.165) is 23.3 Å². The fourth-order valence-electron chi connectivity index (χ4n) is 2.31. The van der Waals surface area contributed by atoms with Gasteiger partial charge in [-0.2, -0.15) is 23.3 Å². The van der Waals surface area contributed by atoms with E-state index in [1.54, 1.807) is 0 Å². The molecule has 0 aliphatic heterocycles. The van der Waals surface area contributed by atoms with Crippen molar-refractivity contribution in [2.24, 2.45) is 0 Å². The van der Waals surface area contributed by atoms with Crippen molar-refractivity contribution in [3.05, 3.63) is 71.4 Å². The zero-order chi connectivity index (χ0) is 18.6. The van der Waals surface area contributed by atoms with Crippen molar-refractivity contribution in [1.82, 2.24) is 15.2 Å². The highest BCUT2D eigenvalue weighted by molar-refractivity contribution is 5.54. The molecule has 0 bridgehead atoms. The number of alkyl halides is 3. The largest absolute Gasteiger partial charge is 0.416 e. The van der Waals surface area contributed by atoms with E-state index in [1.807, 2.05) is 31.2 Å². The molecule has 0 fully saturated rings. The van der Waals surface area contributed by atoms with Crippen molar-refractivity contribution in [2.45, 2.75) is 19.6 Å². The molecule has 0 atom stereocenters. The number of aryl methyl sites for hydroxylation is 1. The van der Waals surface area contributed by atoms with Crippen molar-refractivity contribution in [3.8, 4) is 0 Å². The smallest absolute Gasteiger partial charge is 0.365 e. The third kappa shape index (κ3) is 4.47. The van der Waals surface area contributed by atoms with Crippen LogP contribution in [0.15, 0.2) is 54.7 Å². The summed E-state index contributed by atoms with van der Waals surface area (Å²) in [5.41, 5.74) is 2.01. The summed E-state index contributed by atoms with van der Waals surface area (Å²) in [6.45, 7) is 2.60. The molecule has 0 spiro atoms. The molecule has 2 aromatic carbocycles. The zero-order valence-corrected chi connectivity index (χ0v) is 13.9. The molecular weight excluding hydrogens is 343 g/mol. The van der Waals surface area contributed by atoms with Crippen LogP contribution in [0.25, 0.3) is 0 Å². The summed E-state index contributed by atoms with van der Waals surface area (Å²) in [5.74, 6) is 0.706. The number of hydrogen-bond donors (Lipinski definition) is 2. The Hall–Kier alpha value is -3.16. The summed E-state index contributed by atoms with van der Waals surface area (Å²) in [4.78, 5) is 4.27. The number of benzene rings is 2. The van der Waals surface area contributed by atoms with Crippen LogP contribution in [-0.2, 0) is 12.7 Å². The molecular formula is C18H16F3N5. The van der Waals surface area contributed by atoms with Crippen molar-refractivity contribution in [2.75, 3.05) is 10.6 Å². The number of rotatable bonds is 5. The van der Waals surface area contributed by atoms with Crippen LogP contribution in [0.4, 0.5) is 30.6 Å². The second-order valence-corrected chi connectivity index (χ2v) is 5.65. The van der Waals surface area contributed by atoms with Gasteiger partial charge in [-0.15, -0.1) is 5.10 Å². The molecule has 5 nitrogen and oxygen atoms in total. The van der Waals surface area contributed by atoms with Crippen molar-refractivity contribution < 1.29 is 13.2 Å². The van der Waals surface area contributed by atoms with E-state index in [4.69, 9.17) is 0 Å². The summed E-state index contributed by atoms with van der Waals surface area (Å²) in [5, 5.41) is 13.7. The first-order valence-electron chi connectivity index (χ1n) is 7.84. The van der Waals surface area contributed by atoms with E-state index in [9.17, 15) is 13.2 Å². The summed E-state index contributed by atoms with van der Waals surface area (Å²) < 4.78 is 37.8. The number of aromatic nitrogens is 3. The van der Waals surface area contributed by atoms with Gasteiger partial charge in [-0.05, 0) is 42.3 Å². The topological polar surface area (TPSA) is 62.7 Å². The average Bonchev–Trinajstić information content (AvgIpc) is 2.61. The average molecular weight is 359 g/mol. The quantitative estimate of drug-likeness (QED) is 0.699. The van der Waals surface area contributed by atoms with E-state index in [2.05, 4.69) is 25.8 Å². The lowest BCUT2D eigenvalue weighted by Gasteiger charge is -2.10. The Labute approximate surface area is 148 Å². The van der Waals surface area contributed by atoms with Gasteiger partial charge in [0.1, 0.15) is 0 Å². The molecule has 2 N–H and O–H groups in total. The number of hydrogen-bond acceptors (Lipinski definition) is 5. The van der Waals surface area contributed by atoms with Crippen molar-refractivity contribution in [3.63, 3.8) is 0 Å². The van der Waals surface area contributed by atoms with Gasteiger partial charge in [-0.25, -0.2) is 0 Å². The molecule has 0 unspecified atom stereocenters. The zero-order valence-electron chi connectivity index (χ0n) is 13.9. The van der Waals surface area contributed by atoms with Crippen LogP contribution in [-0.4, -0.2) is 15.2 Å². The summed E-state index contributed by atoms with van der Waals surface area (Å²) in [7, 11) is 0. The molecule has 1 aromatic heterocycles. The van der Waals surface area contributed by atoms with Gasteiger partial charge < -0.3 is 10.6 Å². The first-order chi connectivity index (χ1) is 12.4. The van der Waals surface area contributed by atoms with Gasteiger partial charge >= 0.3 is 6.18 Å². The Kier molecular flexibility index (Phi) is 5.01. The number of halogens is 3. The lowest BCUT2D eigenvalue weighted by Crippen LogP contribution is -2.07. The summed E-state index contributed by atoms with van der Waals surface area (Å²) in [6.07, 6.45) is -2.88. The molecule has 0 amide bonds. The Morgan fingerprint density at radius 3 is 2.42 bits per heavy atom. The van der Waals surface area contributed by atoms with Crippen LogP contribution in [0, 0.1) is 6.92 Å². The summed E-state index contributed by atoms with van der Waals surface area (Å²) in [6, 6.07) is 12.6.